The van der Waals surface area contributed by atoms with Gasteiger partial charge in [0.25, 0.3) is 0 Å². The molecule has 522 valence electrons. The van der Waals surface area contributed by atoms with Crippen LogP contribution in [0.1, 0.15) is 338 Å². The number of hydrogen-bond acceptors (Lipinski definition) is 15. The molecule has 0 aliphatic heterocycles. The van der Waals surface area contributed by atoms with Gasteiger partial charge in [0.15, 0.2) is 12.2 Å². The lowest BCUT2D eigenvalue weighted by atomic mass is 9.99. The quantitative estimate of drug-likeness (QED) is 0.0222. The number of carbonyl (C=O) groups excluding carboxylic acids is 4. The molecule has 0 spiro atoms. The highest BCUT2D eigenvalue weighted by atomic mass is 31.2. The standard InChI is InChI=1S/C69H134O17P2/c1-9-61(7)47-39-31-23-16-18-25-33-41-49-66(71)79-55-64(85-68(73)51-43-35-26-15-13-11-12-14-21-29-37-45-59(3)4)57-83-87(75,76)81-53-63(70)54-82-88(77,78)84-58-65(56-80-67(72)50-42-34-28-20-22-30-38-46-60(5)6)86-69(74)52-44-36-27-19-17-24-32-40-48-62(8)10-2/h59-65,70H,9-58H2,1-8H3,(H,75,76)(H,77,78)/t61?,62?,63?,64-,65-/m1/s1. The maximum absolute atomic E-state index is 13.0. The van der Waals surface area contributed by atoms with Crippen molar-refractivity contribution in [2.24, 2.45) is 23.7 Å². The third kappa shape index (κ3) is 60.3. The van der Waals surface area contributed by atoms with E-state index in [0.717, 1.165) is 114 Å². The monoisotopic (exact) mass is 1300 g/mol. The number of aliphatic hydroxyl groups is 1. The molecule has 0 amide bonds. The summed E-state index contributed by atoms with van der Waals surface area (Å²) in [5, 5.41) is 10.6. The van der Waals surface area contributed by atoms with E-state index in [1.807, 2.05) is 0 Å². The van der Waals surface area contributed by atoms with Crippen LogP contribution in [0.5, 0.6) is 0 Å². The molecule has 0 rings (SSSR count). The summed E-state index contributed by atoms with van der Waals surface area (Å²) < 4.78 is 68.2. The molecule has 7 atom stereocenters. The fourth-order valence-corrected chi connectivity index (χ4v) is 11.8. The van der Waals surface area contributed by atoms with Crippen LogP contribution in [0, 0.1) is 23.7 Å². The van der Waals surface area contributed by atoms with E-state index >= 15 is 0 Å². The maximum Gasteiger partial charge on any atom is 0.472 e. The molecule has 0 aromatic heterocycles. The Hall–Kier alpha value is -1.94. The van der Waals surface area contributed by atoms with E-state index in [0.29, 0.717) is 31.6 Å². The molecule has 0 aromatic carbocycles. The predicted octanol–water partition coefficient (Wildman–Crippen LogP) is 19.3. The van der Waals surface area contributed by atoms with Gasteiger partial charge in [-0.1, -0.05) is 287 Å². The van der Waals surface area contributed by atoms with Crippen LogP contribution >= 0.6 is 15.6 Å². The highest BCUT2D eigenvalue weighted by Gasteiger charge is 2.30. The molecule has 0 bridgehead atoms. The summed E-state index contributed by atoms with van der Waals surface area (Å²) in [7, 11) is -9.90. The van der Waals surface area contributed by atoms with Crippen LogP contribution in [0.2, 0.25) is 0 Å². The third-order valence-electron chi connectivity index (χ3n) is 16.5. The van der Waals surface area contributed by atoms with Gasteiger partial charge in [-0.05, 0) is 49.4 Å². The minimum absolute atomic E-state index is 0.104. The molecule has 0 saturated carbocycles. The second-order valence-corrected chi connectivity index (χ2v) is 29.3. The van der Waals surface area contributed by atoms with Gasteiger partial charge in [0.1, 0.15) is 19.3 Å². The van der Waals surface area contributed by atoms with E-state index in [4.69, 9.17) is 37.0 Å². The summed E-state index contributed by atoms with van der Waals surface area (Å²) in [4.78, 5) is 72.5. The van der Waals surface area contributed by atoms with Crippen molar-refractivity contribution in [3.05, 3.63) is 0 Å². The van der Waals surface area contributed by atoms with Crippen molar-refractivity contribution in [2.75, 3.05) is 39.6 Å². The highest BCUT2D eigenvalue weighted by molar-refractivity contribution is 7.47. The molecule has 0 aromatic rings. The Balaban J connectivity index is 5.27. The van der Waals surface area contributed by atoms with Gasteiger partial charge in [-0.25, -0.2) is 9.13 Å². The fraction of sp³-hybridized carbons (Fsp3) is 0.942. The van der Waals surface area contributed by atoms with Crippen LogP contribution in [0.4, 0.5) is 0 Å². The zero-order valence-corrected chi connectivity index (χ0v) is 59.1. The zero-order valence-electron chi connectivity index (χ0n) is 57.3. The predicted molar refractivity (Wildman–Crippen MR) is 354 cm³/mol. The van der Waals surface area contributed by atoms with Gasteiger partial charge in [-0.15, -0.1) is 0 Å². The van der Waals surface area contributed by atoms with Gasteiger partial charge in [0.05, 0.1) is 26.4 Å². The smallest absolute Gasteiger partial charge is 0.462 e. The maximum atomic E-state index is 13.0. The zero-order chi connectivity index (χ0) is 65.4. The minimum atomic E-state index is -4.95. The van der Waals surface area contributed by atoms with Crippen LogP contribution in [0.3, 0.4) is 0 Å². The summed E-state index contributed by atoms with van der Waals surface area (Å²) in [6.07, 6.45) is 40.2. The molecular weight excluding hydrogens is 1160 g/mol. The van der Waals surface area contributed by atoms with Crippen molar-refractivity contribution in [3.8, 4) is 0 Å². The summed E-state index contributed by atoms with van der Waals surface area (Å²) in [5.74, 6) is 0.885. The number of phosphoric ester groups is 2. The van der Waals surface area contributed by atoms with E-state index < -0.39 is 97.5 Å². The second kappa shape index (κ2) is 58.8. The van der Waals surface area contributed by atoms with Crippen LogP contribution in [0.15, 0.2) is 0 Å². The summed E-state index contributed by atoms with van der Waals surface area (Å²) >= 11 is 0. The van der Waals surface area contributed by atoms with Crippen molar-refractivity contribution in [3.63, 3.8) is 0 Å². The van der Waals surface area contributed by atoms with E-state index in [1.54, 1.807) is 0 Å². The molecule has 19 heteroatoms. The van der Waals surface area contributed by atoms with Crippen LogP contribution in [0.25, 0.3) is 0 Å². The number of unbranched alkanes of at least 4 members (excludes halogenated alkanes) is 30. The Bertz CT molecular complexity index is 1750. The molecule has 0 aliphatic rings. The second-order valence-electron chi connectivity index (χ2n) is 26.4. The molecule has 0 radical (unpaired) electrons. The van der Waals surface area contributed by atoms with E-state index in [9.17, 15) is 43.2 Å². The molecular formula is C69H134O17P2. The molecule has 17 nitrogen and oxygen atoms in total. The van der Waals surface area contributed by atoms with Gasteiger partial charge >= 0.3 is 39.5 Å². The summed E-state index contributed by atoms with van der Waals surface area (Å²) in [5.41, 5.74) is 0. The van der Waals surface area contributed by atoms with Crippen molar-refractivity contribution in [2.45, 2.75) is 356 Å². The van der Waals surface area contributed by atoms with Crippen LogP contribution in [-0.4, -0.2) is 96.7 Å². The Morgan fingerprint density at radius 1 is 0.318 bits per heavy atom. The molecule has 88 heavy (non-hydrogen) atoms. The normalized spacial score (nSPS) is 14.9. The molecule has 5 unspecified atom stereocenters. The number of esters is 4. The highest BCUT2D eigenvalue weighted by Crippen LogP contribution is 2.45. The van der Waals surface area contributed by atoms with Crippen molar-refractivity contribution < 1.29 is 80.2 Å². The number of rotatable bonds is 66. The molecule has 0 aliphatic carbocycles. The van der Waals surface area contributed by atoms with Crippen molar-refractivity contribution in [1.29, 1.82) is 0 Å². The molecule has 0 saturated heterocycles. The lowest BCUT2D eigenvalue weighted by Gasteiger charge is -2.21. The lowest BCUT2D eigenvalue weighted by molar-refractivity contribution is -0.161. The molecule has 3 N–H and O–H groups in total. The molecule has 0 heterocycles. The van der Waals surface area contributed by atoms with Gasteiger partial charge in [0, 0.05) is 25.7 Å². The largest absolute Gasteiger partial charge is 0.472 e. The first kappa shape index (κ1) is 86.1. The van der Waals surface area contributed by atoms with E-state index in [2.05, 4.69) is 55.4 Å². The number of phosphoric acid groups is 2. The van der Waals surface area contributed by atoms with Crippen molar-refractivity contribution in [1.82, 2.24) is 0 Å². The minimum Gasteiger partial charge on any atom is -0.462 e. The number of carbonyl (C=O) groups is 4. The van der Waals surface area contributed by atoms with Gasteiger partial charge in [-0.3, -0.25) is 37.3 Å². The Morgan fingerprint density at radius 2 is 0.545 bits per heavy atom. The third-order valence-corrected chi connectivity index (χ3v) is 18.4. The van der Waals surface area contributed by atoms with Gasteiger partial charge < -0.3 is 33.8 Å². The van der Waals surface area contributed by atoms with Crippen LogP contribution in [-0.2, 0) is 65.4 Å². The Morgan fingerprint density at radius 3 is 0.807 bits per heavy atom. The van der Waals surface area contributed by atoms with E-state index in [-0.39, 0.29) is 25.7 Å². The number of ether oxygens (including phenoxy) is 4. The Kier molecular flexibility index (Phi) is 57.6. The number of hydrogen-bond donors (Lipinski definition) is 3. The van der Waals surface area contributed by atoms with E-state index in [1.165, 1.54) is 135 Å². The summed E-state index contributed by atoms with van der Waals surface area (Å²) in [6, 6.07) is 0. The SMILES string of the molecule is CCC(C)CCCCCCCCCCC(=O)OC[C@H](COP(=O)(O)OCC(O)COP(=O)(O)OC[C@@H](COC(=O)CCCCCCCCCC(C)C)OC(=O)CCCCCCCCCCC(C)CC)OC(=O)CCCCCCCCCCCCCC(C)C. The molecule has 0 fully saturated rings. The fourth-order valence-electron chi connectivity index (χ4n) is 10.2. The van der Waals surface area contributed by atoms with Gasteiger partial charge in [-0.2, -0.15) is 0 Å². The Labute approximate surface area is 537 Å². The average molecular weight is 1300 g/mol. The van der Waals surface area contributed by atoms with Gasteiger partial charge in [0.2, 0.25) is 0 Å². The first-order chi connectivity index (χ1) is 42.2. The lowest BCUT2D eigenvalue weighted by Crippen LogP contribution is -2.30. The van der Waals surface area contributed by atoms with Crippen molar-refractivity contribution >= 4 is 39.5 Å². The topological polar surface area (TPSA) is 237 Å². The first-order valence-electron chi connectivity index (χ1n) is 35.8. The summed E-state index contributed by atoms with van der Waals surface area (Å²) in [6.45, 7) is 14.1. The average Bonchev–Trinajstić information content (AvgIpc) is 3.61. The van der Waals surface area contributed by atoms with Crippen LogP contribution < -0.4 is 0 Å². The first-order valence-corrected chi connectivity index (χ1v) is 38.8. The number of aliphatic hydroxyl groups excluding tert-OH is 1.